The Balaban J connectivity index is 2.12. The van der Waals surface area contributed by atoms with Crippen LogP contribution in [0.4, 0.5) is 0 Å². The van der Waals surface area contributed by atoms with Crippen molar-refractivity contribution in [3.05, 3.63) is 62.6 Å². The summed E-state index contributed by atoms with van der Waals surface area (Å²) in [6.07, 6.45) is 1.71. The molecule has 0 N–H and O–H groups in total. The van der Waals surface area contributed by atoms with Gasteiger partial charge in [0.25, 0.3) is 5.56 Å². The fourth-order valence-corrected chi connectivity index (χ4v) is 3.63. The number of hydrogen-bond donors (Lipinski definition) is 0. The summed E-state index contributed by atoms with van der Waals surface area (Å²) in [7, 11) is 3.19. The van der Waals surface area contributed by atoms with E-state index in [1.807, 2.05) is 22.8 Å². The number of imidazole rings is 1. The Hall–Kier alpha value is -2.67. The number of fused-ring (bicyclic) bond motifs is 1. The maximum atomic E-state index is 12.9. The number of rotatable bonds is 8. The molecule has 1 aromatic carbocycles. The van der Waals surface area contributed by atoms with Gasteiger partial charge in [-0.1, -0.05) is 44.2 Å². The van der Waals surface area contributed by atoms with E-state index in [4.69, 9.17) is 4.98 Å². The molecule has 0 aliphatic carbocycles. The molecule has 0 atom stereocenters. The second-order valence-corrected chi connectivity index (χ2v) is 7.15. The average Bonchev–Trinajstić information content (AvgIpc) is 3.07. The Morgan fingerprint density at radius 2 is 1.71 bits per heavy atom. The third-order valence-corrected chi connectivity index (χ3v) is 5.26. The van der Waals surface area contributed by atoms with Crippen LogP contribution in [-0.2, 0) is 27.1 Å². The molecule has 0 fully saturated rings. The molecule has 7 heteroatoms. The minimum Gasteiger partial charge on any atom is -0.321 e. The highest BCUT2D eigenvalue weighted by atomic mass is 16.2. The van der Waals surface area contributed by atoms with Crippen molar-refractivity contribution in [2.75, 3.05) is 19.6 Å². The number of likely N-dealkylation sites (N-methyl/N-ethyl adjacent to an activating group) is 1. The first-order valence-corrected chi connectivity index (χ1v) is 9.89. The molecule has 0 spiro atoms. The normalized spacial score (nSPS) is 11.6. The van der Waals surface area contributed by atoms with Crippen molar-refractivity contribution in [1.29, 1.82) is 0 Å². The van der Waals surface area contributed by atoms with Crippen molar-refractivity contribution in [2.45, 2.75) is 33.2 Å². The van der Waals surface area contributed by atoms with Crippen molar-refractivity contribution in [3.8, 4) is 0 Å². The molecular weight excluding hydrogens is 354 g/mol. The Morgan fingerprint density at radius 1 is 1.00 bits per heavy atom. The van der Waals surface area contributed by atoms with Crippen molar-refractivity contribution in [3.63, 3.8) is 0 Å². The predicted molar refractivity (Wildman–Crippen MR) is 112 cm³/mol. The lowest BCUT2D eigenvalue weighted by atomic mass is 10.1. The molecular formula is C21H29N5O2. The Morgan fingerprint density at radius 3 is 2.36 bits per heavy atom. The summed E-state index contributed by atoms with van der Waals surface area (Å²) in [5, 5.41) is 0. The zero-order valence-corrected chi connectivity index (χ0v) is 17.2. The van der Waals surface area contributed by atoms with E-state index in [1.54, 1.807) is 7.05 Å². The Labute approximate surface area is 164 Å². The van der Waals surface area contributed by atoms with Crippen LogP contribution in [0.1, 0.15) is 31.7 Å². The molecule has 0 amide bonds. The Kier molecular flexibility index (Phi) is 6.14. The SMILES string of the molecule is CCCN(CC)CCn1c(Cc2ccccc2)nc2c1c(=O)n(C)c(=O)n2C. The Bertz CT molecular complexity index is 1060. The monoisotopic (exact) mass is 383 g/mol. The summed E-state index contributed by atoms with van der Waals surface area (Å²) < 4.78 is 4.63. The molecule has 0 aliphatic heterocycles. The minimum atomic E-state index is -0.352. The maximum Gasteiger partial charge on any atom is 0.332 e. The lowest BCUT2D eigenvalue weighted by Crippen LogP contribution is -2.38. The van der Waals surface area contributed by atoms with Gasteiger partial charge in [-0.2, -0.15) is 0 Å². The van der Waals surface area contributed by atoms with E-state index in [0.29, 0.717) is 24.1 Å². The topological polar surface area (TPSA) is 65.1 Å². The molecule has 0 saturated heterocycles. The van der Waals surface area contributed by atoms with Crippen LogP contribution in [0.3, 0.4) is 0 Å². The van der Waals surface area contributed by atoms with Gasteiger partial charge in [-0.15, -0.1) is 0 Å². The third-order valence-electron chi connectivity index (χ3n) is 5.26. The molecule has 3 aromatic rings. The lowest BCUT2D eigenvalue weighted by molar-refractivity contribution is 0.277. The molecule has 0 aliphatic rings. The fourth-order valence-electron chi connectivity index (χ4n) is 3.63. The highest BCUT2D eigenvalue weighted by Gasteiger charge is 2.19. The van der Waals surface area contributed by atoms with E-state index in [2.05, 4.69) is 30.9 Å². The molecule has 28 heavy (non-hydrogen) atoms. The first-order valence-electron chi connectivity index (χ1n) is 9.89. The van der Waals surface area contributed by atoms with E-state index in [0.717, 1.165) is 42.0 Å². The highest BCUT2D eigenvalue weighted by molar-refractivity contribution is 5.71. The third kappa shape index (κ3) is 3.80. The number of benzene rings is 1. The molecule has 2 aromatic heterocycles. The van der Waals surface area contributed by atoms with E-state index in [9.17, 15) is 9.59 Å². The summed E-state index contributed by atoms with van der Waals surface area (Å²) in [4.78, 5) is 32.3. The largest absolute Gasteiger partial charge is 0.332 e. The second kappa shape index (κ2) is 8.56. The summed E-state index contributed by atoms with van der Waals surface area (Å²) >= 11 is 0. The lowest BCUT2D eigenvalue weighted by Gasteiger charge is -2.20. The van der Waals surface area contributed by atoms with Gasteiger partial charge in [0.1, 0.15) is 5.82 Å². The average molecular weight is 383 g/mol. The van der Waals surface area contributed by atoms with Crippen molar-refractivity contribution in [2.24, 2.45) is 14.1 Å². The van der Waals surface area contributed by atoms with Crippen LogP contribution in [-0.4, -0.2) is 43.2 Å². The van der Waals surface area contributed by atoms with Gasteiger partial charge in [0.2, 0.25) is 0 Å². The molecule has 7 nitrogen and oxygen atoms in total. The predicted octanol–water partition coefficient (Wildman–Crippen LogP) is 1.76. The van der Waals surface area contributed by atoms with Crippen LogP contribution in [0.2, 0.25) is 0 Å². The summed E-state index contributed by atoms with van der Waals surface area (Å²) in [5.41, 5.74) is 1.44. The van der Waals surface area contributed by atoms with E-state index >= 15 is 0 Å². The zero-order valence-electron chi connectivity index (χ0n) is 17.2. The van der Waals surface area contributed by atoms with Crippen molar-refractivity contribution >= 4 is 11.2 Å². The van der Waals surface area contributed by atoms with Gasteiger partial charge in [-0.05, 0) is 25.1 Å². The molecule has 150 valence electrons. The first-order chi connectivity index (χ1) is 13.5. The number of aromatic nitrogens is 4. The smallest absolute Gasteiger partial charge is 0.321 e. The van der Waals surface area contributed by atoms with Gasteiger partial charge in [-0.25, -0.2) is 9.78 Å². The molecule has 0 saturated carbocycles. The highest BCUT2D eigenvalue weighted by Crippen LogP contribution is 2.15. The van der Waals surface area contributed by atoms with E-state index in [-0.39, 0.29) is 11.2 Å². The molecule has 0 unspecified atom stereocenters. The number of hydrogen-bond acceptors (Lipinski definition) is 4. The van der Waals surface area contributed by atoms with Crippen LogP contribution >= 0.6 is 0 Å². The van der Waals surface area contributed by atoms with Crippen molar-refractivity contribution in [1.82, 2.24) is 23.6 Å². The van der Waals surface area contributed by atoms with Crippen LogP contribution < -0.4 is 11.2 Å². The summed E-state index contributed by atoms with van der Waals surface area (Å²) in [6, 6.07) is 10.1. The number of aryl methyl sites for hydroxylation is 1. The fraction of sp³-hybridized carbons (Fsp3) is 0.476. The van der Waals surface area contributed by atoms with Crippen LogP contribution in [0.5, 0.6) is 0 Å². The van der Waals surface area contributed by atoms with Crippen molar-refractivity contribution < 1.29 is 0 Å². The van der Waals surface area contributed by atoms with Gasteiger partial charge in [0.15, 0.2) is 11.2 Å². The van der Waals surface area contributed by atoms with Gasteiger partial charge >= 0.3 is 5.69 Å². The zero-order chi connectivity index (χ0) is 20.3. The van der Waals surface area contributed by atoms with Gasteiger partial charge in [0.05, 0.1) is 0 Å². The van der Waals surface area contributed by atoms with Crippen LogP contribution in [0, 0.1) is 0 Å². The molecule has 3 rings (SSSR count). The second-order valence-electron chi connectivity index (χ2n) is 7.15. The van der Waals surface area contributed by atoms with Gasteiger partial charge < -0.3 is 9.47 Å². The van der Waals surface area contributed by atoms with Crippen LogP contribution in [0.15, 0.2) is 39.9 Å². The molecule has 0 bridgehead atoms. The first kappa shape index (κ1) is 20.1. The summed E-state index contributed by atoms with van der Waals surface area (Å²) in [6.45, 7) is 7.80. The molecule has 2 heterocycles. The molecule has 0 radical (unpaired) electrons. The van der Waals surface area contributed by atoms with Gasteiger partial charge in [-0.3, -0.25) is 13.9 Å². The standard InChI is InChI=1S/C21H29N5O2/c1-5-12-25(6-2)13-14-26-17(15-16-10-8-7-9-11-16)22-19-18(26)20(27)24(4)21(28)23(19)3/h7-11H,5-6,12-15H2,1-4H3. The van der Waals surface area contributed by atoms with E-state index < -0.39 is 0 Å². The quantitative estimate of drug-likeness (QED) is 0.595. The van der Waals surface area contributed by atoms with E-state index in [1.165, 1.54) is 11.6 Å². The minimum absolute atomic E-state index is 0.288. The van der Waals surface area contributed by atoms with Crippen LogP contribution in [0.25, 0.3) is 11.2 Å². The summed E-state index contributed by atoms with van der Waals surface area (Å²) in [5.74, 6) is 0.812. The maximum absolute atomic E-state index is 12.9. The number of nitrogens with zero attached hydrogens (tertiary/aromatic N) is 5. The van der Waals surface area contributed by atoms with Gasteiger partial charge in [0, 0.05) is 33.6 Å².